The van der Waals surface area contributed by atoms with Gasteiger partial charge in [0, 0.05) is 35.5 Å². The number of pyridine rings is 1. The van der Waals surface area contributed by atoms with Gasteiger partial charge in [0.05, 0.1) is 17.7 Å². The maximum Gasteiger partial charge on any atom is 0.167 e. The van der Waals surface area contributed by atoms with Gasteiger partial charge in [0.1, 0.15) is 22.3 Å². The van der Waals surface area contributed by atoms with E-state index in [0.717, 1.165) is 50.3 Å². The summed E-state index contributed by atoms with van der Waals surface area (Å²) >= 11 is 10.3. The first-order chi connectivity index (χ1) is 14.9. The van der Waals surface area contributed by atoms with E-state index in [0.29, 0.717) is 11.5 Å². The highest BCUT2D eigenvalue weighted by atomic mass is 127. The summed E-state index contributed by atoms with van der Waals surface area (Å²) in [4.78, 5) is 14.9. The average molecular weight is 587 g/mol. The zero-order valence-corrected chi connectivity index (χ0v) is 23.0. The third-order valence-electron chi connectivity index (χ3n) is 4.79. The number of imidazole rings is 2. The maximum absolute atomic E-state index is 6.32. The SMILES string of the molecule is CC.CSc1cc(-c2ncc(C)n2C)ccc1Nc1cc(Cl)nc2c1nc(C)n2PI. The number of nitrogens with one attached hydrogen (secondary N) is 1. The summed E-state index contributed by atoms with van der Waals surface area (Å²) in [5, 5.41) is 3.97. The second kappa shape index (κ2) is 10.5. The number of thioether (sulfide) groups is 1. The number of anilines is 2. The standard InChI is InChI=1S/C19H19ClIN6PS.C2H6/c1-10-9-22-18(26(10)3)12-5-6-13(15(7-12)29-4)24-14-8-16(20)25-19-17(14)23-11(2)27(19)28-21;1-2/h5-9,28H,1-4H3,(H,24,25);1-2H3. The summed E-state index contributed by atoms with van der Waals surface area (Å²) in [6.45, 7) is 8.04. The van der Waals surface area contributed by atoms with Crippen molar-refractivity contribution in [3.63, 3.8) is 0 Å². The van der Waals surface area contributed by atoms with Crippen LogP contribution >= 0.6 is 51.8 Å². The quantitative estimate of drug-likeness (QED) is 0.114. The number of benzene rings is 1. The molecule has 31 heavy (non-hydrogen) atoms. The molecule has 3 aromatic heterocycles. The fraction of sp³-hybridized carbons (Fsp3) is 0.286. The van der Waals surface area contributed by atoms with Crippen molar-refractivity contribution >= 4 is 74.3 Å². The van der Waals surface area contributed by atoms with Crippen LogP contribution < -0.4 is 5.32 Å². The Morgan fingerprint density at radius 2 is 1.87 bits per heavy atom. The van der Waals surface area contributed by atoms with Crippen molar-refractivity contribution in [1.82, 2.24) is 23.9 Å². The fourth-order valence-electron chi connectivity index (χ4n) is 3.16. The van der Waals surface area contributed by atoms with Gasteiger partial charge < -0.3 is 9.88 Å². The van der Waals surface area contributed by atoms with E-state index in [1.54, 1.807) is 11.8 Å². The molecule has 164 valence electrons. The van der Waals surface area contributed by atoms with Crippen molar-refractivity contribution < 1.29 is 0 Å². The van der Waals surface area contributed by atoms with Crippen molar-refractivity contribution in [2.24, 2.45) is 7.05 Å². The van der Waals surface area contributed by atoms with Gasteiger partial charge in [0.25, 0.3) is 0 Å². The lowest BCUT2D eigenvalue weighted by Gasteiger charge is -2.13. The van der Waals surface area contributed by atoms with Crippen LogP contribution in [0.1, 0.15) is 25.4 Å². The predicted molar refractivity (Wildman–Crippen MR) is 145 cm³/mol. The van der Waals surface area contributed by atoms with E-state index in [4.69, 9.17) is 16.6 Å². The van der Waals surface area contributed by atoms with E-state index in [1.807, 2.05) is 40.1 Å². The zero-order chi connectivity index (χ0) is 22.7. The summed E-state index contributed by atoms with van der Waals surface area (Å²) < 4.78 is 4.17. The number of hydrogen-bond acceptors (Lipinski definition) is 5. The Morgan fingerprint density at radius 3 is 2.48 bits per heavy atom. The molecule has 0 aliphatic carbocycles. The van der Waals surface area contributed by atoms with Gasteiger partial charge in [-0.1, -0.05) is 25.4 Å². The van der Waals surface area contributed by atoms with Crippen LogP contribution in [0.2, 0.25) is 5.15 Å². The lowest BCUT2D eigenvalue weighted by Crippen LogP contribution is -1.98. The third kappa shape index (κ3) is 4.87. The van der Waals surface area contributed by atoms with E-state index in [1.165, 1.54) is 0 Å². The smallest absolute Gasteiger partial charge is 0.167 e. The van der Waals surface area contributed by atoms with E-state index in [2.05, 4.69) is 77.6 Å². The van der Waals surface area contributed by atoms with E-state index in [9.17, 15) is 0 Å². The Kier molecular flexibility index (Phi) is 8.24. The molecule has 4 rings (SSSR count). The first kappa shape index (κ1) is 24.3. The molecular formula is C21H25ClIN6PS. The van der Waals surface area contributed by atoms with Crippen LogP contribution in [0, 0.1) is 13.8 Å². The molecule has 0 saturated heterocycles. The largest absolute Gasteiger partial charge is 0.353 e. The average Bonchev–Trinajstić information content (AvgIpc) is 3.28. The highest BCUT2D eigenvalue weighted by Gasteiger charge is 2.16. The van der Waals surface area contributed by atoms with E-state index < -0.39 is 0 Å². The molecule has 0 saturated carbocycles. The Hall–Kier alpha value is -1.35. The molecule has 3 heterocycles. The number of nitrogens with zero attached hydrogens (tertiary/aromatic N) is 5. The summed E-state index contributed by atoms with van der Waals surface area (Å²) in [6.07, 6.45) is 4.47. The molecule has 0 aliphatic rings. The molecule has 0 fully saturated rings. The zero-order valence-electron chi connectivity index (χ0n) is 18.3. The Morgan fingerprint density at radius 1 is 1.13 bits per heavy atom. The Labute approximate surface area is 206 Å². The van der Waals surface area contributed by atoms with Crippen molar-refractivity contribution in [2.75, 3.05) is 11.6 Å². The van der Waals surface area contributed by atoms with Gasteiger partial charge in [-0.15, -0.1) is 11.8 Å². The maximum atomic E-state index is 6.32. The van der Waals surface area contributed by atoms with Gasteiger partial charge in [0.2, 0.25) is 0 Å². The third-order valence-corrected chi connectivity index (χ3v) is 7.91. The van der Waals surface area contributed by atoms with Crippen molar-refractivity contribution in [2.45, 2.75) is 32.6 Å². The second-order valence-corrected chi connectivity index (χ2v) is 9.86. The Bertz CT molecular complexity index is 1220. The molecule has 6 nitrogen and oxygen atoms in total. The highest BCUT2D eigenvalue weighted by molar-refractivity contribution is 14.2. The molecule has 1 N–H and O–H groups in total. The van der Waals surface area contributed by atoms with E-state index in [-0.39, 0.29) is 0 Å². The normalized spacial score (nSPS) is 11.2. The van der Waals surface area contributed by atoms with Gasteiger partial charge in [-0.3, -0.25) is 4.34 Å². The van der Waals surface area contributed by atoms with Crippen LogP contribution in [0.5, 0.6) is 0 Å². The van der Waals surface area contributed by atoms with Gasteiger partial charge in [-0.2, -0.15) is 0 Å². The van der Waals surface area contributed by atoms with E-state index >= 15 is 0 Å². The number of rotatable bonds is 5. The minimum Gasteiger partial charge on any atom is -0.353 e. The van der Waals surface area contributed by atoms with Crippen LogP contribution in [-0.2, 0) is 7.05 Å². The van der Waals surface area contributed by atoms with Crippen LogP contribution in [0.15, 0.2) is 35.4 Å². The number of fused-ring (bicyclic) bond motifs is 1. The van der Waals surface area contributed by atoms with Crippen molar-refractivity contribution in [3.8, 4) is 11.4 Å². The van der Waals surface area contributed by atoms with Crippen molar-refractivity contribution in [1.29, 1.82) is 0 Å². The molecule has 1 aromatic carbocycles. The molecule has 0 amide bonds. The lowest BCUT2D eigenvalue weighted by molar-refractivity contribution is 0.883. The van der Waals surface area contributed by atoms with Gasteiger partial charge in [0.15, 0.2) is 5.65 Å². The number of aryl methyl sites for hydroxylation is 2. The molecule has 0 radical (unpaired) electrons. The van der Waals surface area contributed by atoms with Crippen LogP contribution in [0.3, 0.4) is 0 Å². The van der Waals surface area contributed by atoms with Crippen LogP contribution in [0.25, 0.3) is 22.6 Å². The molecule has 0 bridgehead atoms. The molecule has 0 aliphatic heterocycles. The molecular weight excluding hydrogens is 562 g/mol. The lowest BCUT2D eigenvalue weighted by atomic mass is 10.2. The minimum atomic E-state index is 0.446. The Balaban J connectivity index is 0.00000132. The monoisotopic (exact) mass is 586 g/mol. The van der Waals surface area contributed by atoms with Gasteiger partial charge >= 0.3 is 0 Å². The van der Waals surface area contributed by atoms with Gasteiger partial charge in [-0.05, 0) is 60.3 Å². The molecule has 4 aromatic rings. The first-order valence-electron chi connectivity index (χ1n) is 9.79. The molecule has 0 spiro atoms. The summed E-state index contributed by atoms with van der Waals surface area (Å²) in [5.74, 6) is 1.88. The van der Waals surface area contributed by atoms with Gasteiger partial charge in [-0.25, -0.2) is 15.0 Å². The summed E-state index contributed by atoms with van der Waals surface area (Å²) in [7, 11) is 2.03. The second-order valence-electron chi connectivity index (χ2n) is 6.57. The number of hydrogen-bond donors (Lipinski definition) is 1. The number of aromatic nitrogens is 5. The molecule has 1 atom stereocenters. The highest BCUT2D eigenvalue weighted by Crippen LogP contribution is 2.37. The number of halogens is 2. The summed E-state index contributed by atoms with van der Waals surface area (Å²) in [6, 6.07) is 8.15. The summed E-state index contributed by atoms with van der Waals surface area (Å²) in [5.41, 5.74) is 5.69. The fourth-order valence-corrected chi connectivity index (χ4v) is 6.08. The van der Waals surface area contributed by atoms with Crippen LogP contribution in [0.4, 0.5) is 11.4 Å². The first-order valence-corrected chi connectivity index (χ1v) is 15.5. The molecule has 10 heteroatoms. The predicted octanol–water partition coefficient (Wildman–Crippen LogP) is 7.39. The van der Waals surface area contributed by atoms with Crippen LogP contribution in [-0.4, -0.2) is 30.1 Å². The minimum absolute atomic E-state index is 0.446. The van der Waals surface area contributed by atoms with Crippen molar-refractivity contribution in [3.05, 3.63) is 47.1 Å². The topological polar surface area (TPSA) is 60.6 Å². The molecule has 1 unspecified atom stereocenters.